The summed E-state index contributed by atoms with van der Waals surface area (Å²) in [5, 5.41) is 15.5. The number of carbonyl (C=O) groups is 2. The zero-order valence-corrected chi connectivity index (χ0v) is 15.7. The standard InChI is InChI=1S/C18H26N2O4S/c1-4-6-7-15(21)20-16(18(22)23)17(19-5-2)25-12-13-8-10-14(24-3)11-9-13/h8-11,19H,4-7,12H2,1-3H3,(H,20,21)(H,22,23). The maximum Gasteiger partial charge on any atom is 0.355 e. The van der Waals surface area contributed by atoms with Gasteiger partial charge in [-0.3, -0.25) is 4.79 Å². The average molecular weight is 366 g/mol. The lowest BCUT2D eigenvalue weighted by molar-refractivity contribution is -0.134. The minimum Gasteiger partial charge on any atom is -0.497 e. The normalized spacial score (nSPS) is 11.5. The molecule has 0 radical (unpaired) electrons. The molecule has 0 heterocycles. The SMILES string of the molecule is CCCCC(=O)NC(C(=O)O)=C(NCC)SCc1ccc(OC)cc1. The molecule has 6 nitrogen and oxygen atoms in total. The maximum absolute atomic E-state index is 11.9. The minimum absolute atomic E-state index is 0.0959. The van der Waals surface area contributed by atoms with Gasteiger partial charge in [0.2, 0.25) is 5.91 Å². The Balaban J connectivity index is 2.87. The van der Waals surface area contributed by atoms with E-state index in [-0.39, 0.29) is 11.6 Å². The molecular formula is C18H26N2O4S. The lowest BCUT2D eigenvalue weighted by Gasteiger charge is -2.14. The predicted molar refractivity (Wildman–Crippen MR) is 100 cm³/mol. The van der Waals surface area contributed by atoms with Crippen molar-refractivity contribution < 1.29 is 19.4 Å². The Hall–Kier alpha value is -2.15. The molecule has 1 rings (SSSR count). The molecule has 0 saturated carbocycles. The van der Waals surface area contributed by atoms with E-state index in [2.05, 4.69) is 10.6 Å². The number of hydrogen-bond donors (Lipinski definition) is 3. The van der Waals surface area contributed by atoms with Crippen molar-refractivity contribution in [2.75, 3.05) is 13.7 Å². The van der Waals surface area contributed by atoms with Crippen molar-refractivity contribution >= 4 is 23.6 Å². The summed E-state index contributed by atoms with van der Waals surface area (Å²) in [5.74, 6) is -0.0816. The fourth-order valence-electron chi connectivity index (χ4n) is 2.00. The lowest BCUT2D eigenvalue weighted by atomic mass is 10.2. The van der Waals surface area contributed by atoms with Crippen molar-refractivity contribution in [2.24, 2.45) is 0 Å². The molecule has 138 valence electrons. The first-order valence-electron chi connectivity index (χ1n) is 8.28. The highest BCUT2D eigenvalue weighted by Crippen LogP contribution is 2.23. The van der Waals surface area contributed by atoms with Crippen molar-refractivity contribution in [1.29, 1.82) is 0 Å². The van der Waals surface area contributed by atoms with Crippen molar-refractivity contribution in [3.8, 4) is 5.75 Å². The second kappa shape index (κ2) is 11.4. The third kappa shape index (κ3) is 7.51. The monoisotopic (exact) mass is 366 g/mol. The summed E-state index contributed by atoms with van der Waals surface area (Å²) in [4.78, 5) is 23.5. The van der Waals surface area contributed by atoms with E-state index < -0.39 is 5.97 Å². The van der Waals surface area contributed by atoms with Gasteiger partial charge in [0.15, 0.2) is 5.70 Å². The summed E-state index contributed by atoms with van der Waals surface area (Å²) in [6, 6.07) is 7.57. The minimum atomic E-state index is -1.15. The zero-order valence-electron chi connectivity index (χ0n) is 14.9. The molecule has 1 aromatic rings. The molecule has 0 spiro atoms. The van der Waals surface area contributed by atoms with Crippen molar-refractivity contribution in [2.45, 2.75) is 38.9 Å². The Labute approximate surface area is 153 Å². The number of ether oxygens (including phenoxy) is 1. The molecule has 0 unspecified atom stereocenters. The van der Waals surface area contributed by atoms with Crippen LogP contribution in [0.1, 0.15) is 38.7 Å². The van der Waals surface area contributed by atoms with E-state index in [1.165, 1.54) is 11.8 Å². The fraction of sp³-hybridized carbons (Fsp3) is 0.444. The number of methoxy groups -OCH3 is 1. The molecule has 1 amide bonds. The van der Waals surface area contributed by atoms with Gasteiger partial charge in [0.25, 0.3) is 0 Å². The number of carboxylic acids is 1. The summed E-state index contributed by atoms with van der Waals surface area (Å²) in [7, 11) is 1.61. The molecule has 0 aliphatic heterocycles. The summed E-state index contributed by atoms with van der Waals surface area (Å²) in [6.45, 7) is 4.43. The number of carboxylic acid groups (broad SMARTS) is 1. The Morgan fingerprint density at radius 2 is 1.88 bits per heavy atom. The number of rotatable bonds is 11. The van der Waals surface area contributed by atoms with Gasteiger partial charge in [-0.15, -0.1) is 11.8 Å². The van der Waals surface area contributed by atoms with Crippen LogP contribution in [0.15, 0.2) is 35.0 Å². The van der Waals surface area contributed by atoms with Crippen LogP contribution in [0.2, 0.25) is 0 Å². The Kier molecular flexibility index (Phi) is 9.54. The molecule has 1 aromatic carbocycles. The first-order chi connectivity index (χ1) is 12.0. The number of hydrogen-bond acceptors (Lipinski definition) is 5. The van der Waals surface area contributed by atoms with Crippen LogP contribution in [0.3, 0.4) is 0 Å². The van der Waals surface area contributed by atoms with Crippen LogP contribution in [0.4, 0.5) is 0 Å². The third-order valence-corrected chi connectivity index (χ3v) is 4.46. The van der Waals surface area contributed by atoms with Crippen molar-refractivity contribution in [3.63, 3.8) is 0 Å². The first-order valence-corrected chi connectivity index (χ1v) is 9.27. The van der Waals surface area contributed by atoms with Crippen LogP contribution in [0, 0.1) is 0 Å². The molecule has 0 bridgehead atoms. The molecule has 3 N–H and O–H groups in total. The molecule has 0 aromatic heterocycles. The number of thioether (sulfide) groups is 1. The summed E-state index contributed by atoms with van der Waals surface area (Å²) in [5.41, 5.74) is 0.935. The van der Waals surface area contributed by atoms with Gasteiger partial charge in [0, 0.05) is 18.7 Å². The number of amides is 1. The predicted octanol–water partition coefficient (Wildman–Crippen LogP) is 3.10. The van der Waals surface area contributed by atoms with E-state index in [0.717, 1.165) is 24.2 Å². The zero-order chi connectivity index (χ0) is 18.7. The average Bonchev–Trinajstić information content (AvgIpc) is 2.61. The highest BCUT2D eigenvalue weighted by atomic mass is 32.2. The van der Waals surface area contributed by atoms with Crippen LogP contribution in [-0.4, -0.2) is 30.6 Å². The Bertz CT molecular complexity index is 600. The second-order valence-corrected chi connectivity index (χ2v) is 6.31. The van der Waals surface area contributed by atoms with Gasteiger partial charge in [-0.2, -0.15) is 0 Å². The third-order valence-electron chi connectivity index (χ3n) is 3.34. The largest absolute Gasteiger partial charge is 0.497 e. The van der Waals surface area contributed by atoms with E-state index >= 15 is 0 Å². The van der Waals surface area contributed by atoms with Gasteiger partial charge >= 0.3 is 5.97 Å². The molecule has 7 heteroatoms. The highest BCUT2D eigenvalue weighted by molar-refractivity contribution is 8.02. The smallest absolute Gasteiger partial charge is 0.355 e. The number of nitrogens with one attached hydrogen (secondary N) is 2. The molecule has 25 heavy (non-hydrogen) atoms. The van der Waals surface area contributed by atoms with Crippen molar-refractivity contribution in [3.05, 3.63) is 40.6 Å². The fourth-order valence-corrected chi connectivity index (χ4v) is 3.03. The molecule has 0 atom stereocenters. The van der Waals surface area contributed by atoms with Crippen molar-refractivity contribution in [1.82, 2.24) is 10.6 Å². The number of carbonyl (C=O) groups excluding carboxylic acids is 1. The first kappa shape index (κ1) is 20.9. The molecular weight excluding hydrogens is 340 g/mol. The van der Waals surface area contributed by atoms with Gasteiger partial charge in [-0.25, -0.2) is 4.79 Å². The van der Waals surface area contributed by atoms with Gasteiger partial charge in [-0.05, 0) is 31.0 Å². The number of aliphatic carboxylic acids is 1. The van der Waals surface area contributed by atoms with Gasteiger partial charge in [0.1, 0.15) is 10.8 Å². The topological polar surface area (TPSA) is 87.7 Å². The number of unbranched alkanes of at least 4 members (excludes halogenated alkanes) is 1. The second-order valence-electron chi connectivity index (χ2n) is 5.33. The van der Waals surface area contributed by atoms with Gasteiger partial charge in [0.05, 0.1) is 7.11 Å². The maximum atomic E-state index is 11.9. The van der Waals surface area contributed by atoms with E-state index in [0.29, 0.717) is 23.7 Å². The van der Waals surface area contributed by atoms with Crippen LogP contribution in [0.5, 0.6) is 5.75 Å². The van der Waals surface area contributed by atoms with Crippen LogP contribution >= 0.6 is 11.8 Å². The van der Waals surface area contributed by atoms with Gasteiger partial charge in [-0.1, -0.05) is 25.5 Å². The van der Waals surface area contributed by atoms with Crippen LogP contribution in [-0.2, 0) is 15.3 Å². The molecule has 0 aliphatic carbocycles. The Morgan fingerprint density at radius 1 is 1.20 bits per heavy atom. The van der Waals surface area contributed by atoms with Gasteiger partial charge < -0.3 is 20.5 Å². The molecule has 0 fully saturated rings. The Morgan fingerprint density at radius 3 is 2.40 bits per heavy atom. The van der Waals surface area contributed by atoms with E-state index in [1.54, 1.807) is 7.11 Å². The summed E-state index contributed by atoms with van der Waals surface area (Å²) in [6.07, 6.45) is 1.93. The van der Waals surface area contributed by atoms with Crippen LogP contribution < -0.4 is 15.4 Å². The molecule has 0 saturated heterocycles. The van der Waals surface area contributed by atoms with Crippen LogP contribution in [0.25, 0.3) is 0 Å². The summed E-state index contributed by atoms with van der Waals surface area (Å²) < 4.78 is 5.13. The lowest BCUT2D eigenvalue weighted by Crippen LogP contribution is -2.31. The molecule has 0 aliphatic rings. The summed E-state index contributed by atoms with van der Waals surface area (Å²) >= 11 is 1.35. The number of benzene rings is 1. The quantitative estimate of drug-likeness (QED) is 0.522. The highest BCUT2D eigenvalue weighted by Gasteiger charge is 2.18. The van der Waals surface area contributed by atoms with E-state index in [1.807, 2.05) is 38.1 Å². The van der Waals surface area contributed by atoms with E-state index in [9.17, 15) is 14.7 Å². The van der Waals surface area contributed by atoms with E-state index in [4.69, 9.17) is 4.74 Å².